The van der Waals surface area contributed by atoms with E-state index in [1.165, 1.54) is 45.3 Å². The first-order valence-electron chi connectivity index (χ1n) is 7.10. The molecule has 16 heavy (non-hydrogen) atoms. The lowest BCUT2D eigenvalue weighted by molar-refractivity contribution is 0.122. The minimum absolute atomic E-state index is 0.753. The molecular weight excluding hydrogens is 196 g/mol. The van der Waals surface area contributed by atoms with Crippen LogP contribution in [0.3, 0.4) is 0 Å². The Bertz CT molecular complexity index is 182. The van der Waals surface area contributed by atoms with Crippen molar-refractivity contribution < 1.29 is 0 Å². The SMILES string of the molecule is CCCC(C)CN1CCC(NC)C(CC)C1. The molecule has 1 aliphatic rings. The maximum atomic E-state index is 3.48. The molecule has 2 heteroatoms. The number of hydrogen-bond donors (Lipinski definition) is 1. The third-order valence-electron chi connectivity index (χ3n) is 4.06. The van der Waals surface area contributed by atoms with Crippen molar-refractivity contribution in [2.45, 2.75) is 52.5 Å². The Hall–Kier alpha value is -0.0800. The molecule has 0 aliphatic carbocycles. The van der Waals surface area contributed by atoms with Gasteiger partial charge in [0.2, 0.25) is 0 Å². The van der Waals surface area contributed by atoms with Crippen LogP contribution in [0.2, 0.25) is 0 Å². The molecule has 1 saturated heterocycles. The second-order valence-electron chi connectivity index (χ2n) is 5.51. The molecule has 0 aromatic carbocycles. The van der Waals surface area contributed by atoms with E-state index in [0.29, 0.717) is 0 Å². The van der Waals surface area contributed by atoms with Gasteiger partial charge < -0.3 is 10.2 Å². The van der Waals surface area contributed by atoms with Gasteiger partial charge in [0.15, 0.2) is 0 Å². The fraction of sp³-hybridized carbons (Fsp3) is 1.00. The highest BCUT2D eigenvalue weighted by molar-refractivity contribution is 4.84. The van der Waals surface area contributed by atoms with Crippen LogP contribution < -0.4 is 5.32 Å². The topological polar surface area (TPSA) is 15.3 Å². The van der Waals surface area contributed by atoms with Gasteiger partial charge in [0.25, 0.3) is 0 Å². The Morgan fingerprint density at radius 3 is 2.69 bits per heavy atom. The lowest BCUT2D eigenvalue weighted by atomic mass is 9.89. The van der Waals surface area contributed by atoms with Gasteiger partial charge in [-0.3, -0.25) is 0 Å². The minimum Gasteiger partial charge on any atom is -0.317 e. The van der Waals surface area contributed by atoms with Crippen molar-refractivity contribution in [3.05, 3.63) is 0 Å². The molecule has 1 fully saturated rings. The van der Waals surface area contributed by atoms with Gasteiger partial charge in [-0.25, -0.2) is 0 Å². The number of nitrogens with one attached hydrogen (secondary N) is 1. The van der Waals surface area contributed by atoms with Gasteiger partial charge >= 0.3 is 0 Å². The van der Waals surface area contributed by atoms with Crippen molar-refractivity contribution in [2.24, 2.45) is 11.8 Å². The van der Waals surface area contributed by atoms with E-state index in [9.17, 15) is 0 Å². The van der Waals surface area contributed by atoms with Crippen LogP contribution in [-0.4, -0.2) is 37.6 Å². The summed E-state index contributed by atoms with van der Waals surface area (Å²) in [6, 6.07) is 0.753. The van der Waals surface area contributed by atoms with Gasteiger partial charge in [-0.15, -0.1) is 0 Å². The fourth-order valence-corrected chi connectivity index (χ4v) is 3.09. The van der Waals surface area contributed by atoms with Crippen LogP contribution in [0.1, 0.15) is 46.5 Å². The van der Waals surface area contributed by atoms with Crippen molar-refractivity contribution in [1.82, 2.24) is 10.2 Å². The van der Waals surface area contributed by atoms with Crippen molar-refractivity contribution in [3.63, 3.8) is 0 Å². The molecule has 0 aromatic rings. The third-order valence-corrected chi connectivity index (χ3v) is 4.06. The van der Waals surface area contributed by atoms with Crippen LogP contribution in [0.4, 0.5) is 0 Å². The summed E-state index contributed by atoms with van der Waals surface area (Å²) in [5.41, 5.74) is 0. The normalized spacial score (nSPS) is 29.2. The molecule has 1 aliphatic heterocycles. The smallest absolute Gasteiger partial charge is 0.0117 e. The average Bonchev–Trinajstić information content (AvgIpc) is 2.29. The summed E-state index contributed by atoms with van der Waals surface area (Å²) in [6.07, 6.45) is 5.34. The number of nitrogens with zero attached hydrogens (tertiary/aromatic N) is 1. The van der Waals surface area contributed by atoms with Crippen molar-refractivity contribution in [3.8, 4) is 0 Å². The van der Waals surface area contributed by atoms with Gasteiger partial charge in [0.1, 0.15) is 0 Å². The third kappa shape index (κ3) is 4.06. The van der Waals surface area contributed by atoms with E-state index in [0.717, 1.165) is 17.9 Å². The molecule has 0 aromatic heterocycles. The number of piperidine rings is 1. The van der Waals surface area contributed by atoms with E-state index in [4.69, 9.17) is 0 Å². The summed E-state index contributed by atoms with van der Waals surface area (Å²) >= 11 is 0. The van der Waals surface area contributed by atoms with Crippen LogP contribution in [0.25, 0.3) is 0 Å². The van der Waals surface area contributed by atoms with E-state index in [-0.39, 0.29) is 0 Å². The summed E-state index contributed by atoms with van der Waals surface area (Å²) in [5.74, 6) is 1.72. The summed E-state index contributed by atoms with van der Waals surface area (Å²) in [7, 11) is 2.11. The molecule has 0 spiro atoms. The number of hydrogen-bond acceptors (Lipinski definition) is 2. The Kier molecular flexibility index (Phi) is 6.37. The van der Waals surface area contributed by atoms with Crippen LogP contribution in [0, 0.1) is 11.8 Å². The van der Waals surface area contributed by atoms with E-state index in [1.54, 1.807) is 0 Å². The summed E-state index contributed by atoms with van der Waals surface area (Å²) in [6.45, 7) is 10.9. The molecule has 1 rings (SSSR count). The largest absolute Gasteiger partial charge is 0.317 e. The maximum absolute atomic E-state index is 3.48. The molecule has 3 unspecified atom stereocenters. The zero-order valence-corrected chi connectivity index (χ0v) is 11.6. The highest BCUT2D eigenvalue weighted by Crippen LogP contribution is 2.21. The van der Waals surface area contributed by atoms with E-state index in [1.807, 2.05) is 0 Å². The molecule has 0 amide bonds. The van der Waals surface area contributed by atoms with Crippen molar-refractivity contribution >= 4 is 0 Å². The lowest BCUT2D eigenvalue weighted by Gasteiger charge is -2.39. The predicted octanol–water partition coefficient (Wildman–Crippen LogP) is 2.74. The molecule has 3 atom stereocenters. The van der Waals surface area contributed by atoms with E-state index in [2.05, 4.69) is 38.0 Å². The van der Waals surface area contributed by atoms with Gasteiger partial charge in [-0.2, -0.15) is 0 Å². The fourth-order valence-electron chi connectivity index (χ4n) is 3.09. The highest BCUT2D eigenvalue weighted by Gasteiger charge is 2.27. The predicted molar refractivity (Wildman–Crippen MR) is 71.8 cm³/mol. The maximum Gasteiger partial charge on any atom is 0.0117 e. The Morgan fingerprint density at radius 2 is 2.12 bits per heavy atom. The molecule has 0 saturated carbocycles. The Labute approximate surface area is 102 Å². The summed E-state index contributed by atoms with van der Waals surface area (Å²) in [4.78, 5) is 2.68. The first-order valence-corrected chi connectivity index (χ1v) is 7.10. The molecule has 96 valence electrons. The average molecular weight is 226 g/mol. The first-order chi connectivity index (χ1) is 7.71. The summed E-state index contributed by atoms with van der Waals surface area (Å²) in [5, 5.41) is 3.48. The number of likely N-dealkylation sites (tertiary alicyclic amines) is 1. The van der Waals surface area contributed by atoms with Crippen LogP contribution in [0.5, 0.6) is 0 Å². The van der Waals surface area contributed by atoms with Gasteiger partial charge in [-0.05, 0) is 38.3 Å². The zero-order chi connectivity index (χ0) is 12.0. The van der Waals surface area contributed by atoms with Gasteiger partial charge in [0.05, 0.1) is 0 Å². The van der Waals surface area contributed by atoms with Crippen molar-refractivity contribution in [1.29, 1.82) is 0 Å². The first kappa shape index (κ1) is 14.0. The Balaban J connectivity index is 2.35. The summed E-state index contributed by atoms with van der Waals surface area (Å²) < 4.78 is 0. The lowest BCUT2D eigenvalue weighted by Crippen LogP contribution is -2.49. The van der Waals surface area contributed by atoms with Crippen LogP contribution in [0.15, 0.2) is 0 Å². The molecule has 0 radical (unpaired) electrons. The molecule has 2 nitrogen and oxygen atoms in total. The second-order valence-corrected chi connectivity index (χ2v) is 5.51. The van der Waals surface area contributed by atoms with Crippen molar-refractivity contribution in [2.75, 3.05) is 26.7 Å². The van der Waals surface area contributed by atoms with Crippen LogP contribution >= 0.6 is 0 Å². The van der Waals surface area contributed by atoms with Gasteiger partial charge in [-0.1, -0.05) is 33.6 Å². The Morgan fingerprint density at radius 1 is 1.38 bits per heavy atom. The van der Waals surface area contributed by atoms with Gasteiger partial charge in [0, 0.05) is 19.1 Å². The zero-order valence-electron chi connectivity index (χ0n) is 11.6. The molecule has 1 N–H and O–H groups in total. The number of rotatable bonds is 6. The molecule has 0 bridgehead atoms. The van der Waals surface area contributed by atoms with E-state index < -0.39 is 0 Å². The van der Waals surface area contributed by atoms with Crippen LogP contribution in [-0.2, 0) is 0 Å². The molecular formula is C14H30N2. The quantitative estimate of drug-likeness (QED) is 0.749. The minimum atomic E-state index is 0.753. The second kappa shape index (κ2) is 7.29. The van der Waals surface area contributed by atoms with E-state index >= 15 is 0 Å². The molecule has 1 heterocycles. The highest BCUT2D eigenvalue weighted by atomic mass is 15.1. The monoisotopic (exact) mass is 226 g/mol. The standard InChI is InChI=1S/C14H30N2/c1-5-7-12(3)10-16-9-8-14(15-4)13(6-2)11-16/h12-15H,5-11H2,1-4H3.